The molecule has 0 spiro atoms. The van der Waals surface area contributed by atoms with Gasteiger partial charge in [-0.1, -0.05) is 0 Å². The number of quaternary nitrogens is 2. The zero-order valence-corrected chi connectivity index (χ0v) is 4.63. The number of rotatable bonds is 3. The summed E-state index contributed by atoms with van der Waals surface area (Å²) in [5, 5.41) is 18.4. The smallest absolute Gasteiger partial charge is 0.0994 e. The van der Waals surface area contributed by atoms with Crippen molar-refractivity contribution in [2.45, 2.75) is 0 Å². The Labute approximate surface area is 46.2 Å². The summed E-state index contributed by atoms with van der Waals surface area (Å²) in [6.07, 6.45) is 0. The van der Waals surface area contributed by atoms with Crippen LogP contribution in [-0.2, 0) is 9.98 Å². The van der Waals surface area contributed by atoms with Gasteiger partial charge in [0.15, 0.2) is 0 Å². The van der Waals surface area contributed by atoms with Crippen LogP contribution < -0.4 is 10.5 Å². The number of hydrogen-bond donors (Lipinski definition) is 2. The Kier molecular flexibility index (Phi) is 3.61. The summed E-state index contributed by atoms with van der Waals surface area (Å²) in [5.41, 5.74) is 0. The van der Waals surface area contributed by atoms with Crippen LogP contribution in [0.25, 0.3) is 0 Å². The molecule has 2 N–H and O–H groups in total. The van der Waals surface area contributed by atoms with E-state index in [2.05, 4.69) is 9.98 Å². The molecule has 0 aromatic rings. The molecule has 0 aliphatic rings. The predicted octanol–water partition coefficient (Wildman–Crippen LogP) is -3.21. The number of hydroxylamine groups is 4. The van der Waals surface area contributed by atoms with Crippen LogP contribution in [0.4, 0.5) is 0 Å². The molecular formula is C2H8N2O4. The van der Waals surface area contributed by atoms with Crippen molar-refractivity contribution in [1.29, 1.82) is 0 Å². The van der Waals surface area contributed by atoms with E-state index in [0.717, 1.165) is 14.1 Å². The molecule has 6 heteroatoms. The third kappa shape index (κ3) is 5.76. The molecule has 0 aromatic carbocycles. The summed E-state index contributed by atoms with van der Waals surface area (Å²) in [7, 11) is 2.28. The quantitative estimate of drug-likeness (QED) is 0.307. The Morgan fingerprint density at radius 2 is 1.25 bits per heavy atom. The lowest BCUT2D eigenvalue weighted by atomic mass is 11.5. The maximum Gasteiger partial charge on any atom is 0.0994 e. The van der Waals surface area contributed by atoms with E-state index in [1.165, 1.54) is 0 Å². The highest BCUT2D eigenvalue weighted by Crippen LogP contribution is 1.43. The van der Waals surface area contributed by atoms with Gasteiger partial charge in [-0.2, -0.15) is 10.5 Å². The van der Waals surface area contributed by atoms with E-state index in [1.54, 1.807) is 0 Å². The van der Waals surface area contributed by atoms with Gasteiger partial charge >= 0.3 is 0 Å². The molecule has 0 bridgehead atoms. The molecular weight excluding hydrogens is 116 g/mol. The summed E-state index contributed by atoms with van der Waals surface area (Å²) in [6.45, 7) is 0. The molecule has 6 nitrogen and oxygen atoms in total. The fourth-order valence-corrected chi connectivity index (χ4v) is 0.117. The van der Waals surface area contributed by atoms with Crippen molar-refractivity contribution >= 4 is 0 Å². The van der Waals surface area contributed by atoms with E-state index < -0.39 is 10.5 Å². The van der Waals surface area contributed by atoms with Gasteiger partial charge in [0.1, 0.15) is 0 Å². The summed E-state index contributed by atoms with van der Waals surface area (Å²) in [5.74, 6) is 0. The molecule has 0 fully saturated rings. The molecule has 0 aliphatic heterocycles. The third-order valence-electron chi connectivity index (χ3n) is 0.276. The van der Waals surface area contributed by atoms with Gasteiger partial charge in [0, 0.05) is 9.98 Å². The summed E-state index contributed by atoms with van der Waals surface area (Å²) in [4.78, 5) is 7.63. The predicted molar refractivity (Wildman–Crippen MR) is 22.7 cm³/mol. The molecule has 0 aliphatic carbocycles. The highest BCUT2D eigenvalue weighted by atomic mass is 17.4. The Hall–Kier alpha value is -0.240. The minimum Gasteiger partial charge on any atom is -0.598 e. The van der Waals surface area contributed by atoms with Gasteiger partial charge in [0.25, 0.3) is 0 Å². The molecule has 0 rings (SSSR count). The fraction of sp³-hybridized carbons (Fsp3) is 1.00. The van der Waals surface area contributed by atoms with Gasteiger partial charge in [-0.05, 0) is 0 Å². The average molecular weight is 124 g/mol. The fourth-order valence-electron chi connectivity index (χ4n) is 0.117. The lowest BCUT2D eigenvalue weighted by Crippen LogP contribution is -3.10. The van der Waals surface area contributed by atoms with Crippen LogP contribution in [0.5, 0.6) is 0 Å². The Bertz CT molecular complexity index is 48.0. The monoisotopic (exact) mass is 124 g/mol. The van der Waals surface area contributed by atoms with Crippen LogP contribution in [0.3, 0.4) is 0 Å². The second-order valence-electron chi connectivity index (χ2n) is 1.15. The first-order valence-corrected chi connectivity index (χ1v) is 1.98. The highest BCUT2D eigenvalue weighted by molar-refractivity contribution is 3.81. The van der Waals surface area contributed by atoms with E-state index in [0.29, 0.717) is 0 Å². The van der Waals surface area contributed by atoms with Crippen LogP contribution in [-0.4, -0.2) is 14.1 Å². The van der Waals surface area contributed by atoms with Crippen LogP contribution in [0.15, 0.2) is 0 Å². The van der Waals surface area contributed by atoms with Crippen LogP contribution in [0, 0.1) is 10.4 Å². The topological polar surface area (TPSA) is 73.5 Å². The maximum atomic E-state index is 9.85. The summed E-state index contributed by atoms with van der Waals surface area (Å²) < 4.78 is 0. The lowest BCUT2D eigenvalue weighted by Gasteiger charge is -2.14. The largest absolute Gasteiger partial charge is 0.598 e. The Morgan fingerprint density at radius 3 is 1.38 bits per heavy atom. The molecule has 0 saturated heterocycles. The van der Waals surface area contributed by atoms with Crippen LogP contribution >= 0.6 is 0 Å². The second kappa shape index (κ2) is 3.72. The van der Waals surface area contributed by atoms with E-state index in [-0.39, 0.29) is 0 Å². The van der Waals surface area contributed by atoms with Crippen molar-refractivity contribution in [2.24, 2.45) is 0 Å². The normalized spacial score (nSPS) is 18.0. The minimum absolute atomic E-state index is 0.639. The number of nitrogens with one attached hydrogen (secondary N) is 2. The Morgan fingerprint density at radius 1 is 1.00 bits per heavy atom. The van der Waals surface area contributed by atoms with Crippen molar-refractivity contribution in [3.8, 4) is 0 Å². The summed E-state index contributed by atoms with van der Waals surface area (Å²) >= 11 is 0. The van der Waals surface area contributed by atoms with Crippen molar-refractivity contribution in [1.82, 2.24) is 0 Å². The van der Waals surface area contributed by atoms with Crippen LogP contribution in [0.1, 0.15) is 0 Å². The van der Waals surface area contributed by atoms with E-state index in [4.69, 9.17) is 0 Å². The minimum atomic E-state index is -0.639. The molecule has 2 unspecified atom stereocenters. The molecule has 0 radical (unpaired) electrons. The lowest BCUT2D eigenvalue weighted by molar-refractivity contribution is -1.23. The van der Waals surface area contributed by atoms with E-state index in [1.807, 2.05) is 0 Å². The Balaban J connectivity index is 2.93. The molecule has 2 atom stereocenters. The molecule has 8 heavy (non-hydrogen) atoms. The van der Waals surface area contributed by atoms with E-state index >= 15 is 0 Å². The van der Waals surface area contributed by atoms with Gasteiger partial charge in [0.05, 0.1) is 14.1 Å². The van der Waals surface area contributed by atoms with Crippen molar-refractivity contribution in [3.63, 3.8) is 0 Å². The maximum absolute atomic E-state index is 9.85. The first-order valence-electron chi connectivity index (χ1n) is 1.98. The third-order valence-corrected chi connectivity index (χ3v) is 0.276. The van der Waals surface area contributed by atoms with Crippen molar-refractivity contribution in [2.75, 3.05) is 14.1 Å². The van der Waals surface area contributed by atoms with Gasteiger partial charge in [-0.25, -0.2) is 0 Å². The first-order chi connectivity index (χ1) is 3.63. The van der Waals surface area contributed by atoms with Crippen molar-refractivity contribution < 1.29 is 20.4 Å². The molecule has 50 valence electrons. The average Bonchev–Trinajstić information content (AvgIpc) is 1.61. The van der Waals surface area contributed by atoms with Crippen LogP contribution in [0.2, 0.25) is 0 Å². The molecule has 0 amide bonds. The molecule has 0 aromatic heterocycles. The van der Waals surface area contributed by atoms with Gasteiger partial charge in [-0.3, -0.25) is 0 Å². The van der Waals surface area contributed by atoms with E-state index in [9.17, 15) is 10.4 Å². The second-order valence-corrected chi connectivity index (χ2v) is 1.15. The molecule has 0 heterocycles. The zero-order valence-electron chi connectivity index (χ0n) is 4.63. The number of hydrogen-bond acceptors (Lipinski definition) is 4. The van der Waals surface area contributed by atoms with Gasteiger partial charge in [-0.15, -0.1) is 0 Å². The van der Waals surface area contributed by atoms with Gasteiger partial charge in [0.2, 0.25) is 0 Å². The first kappa shape index (κ1) is 7.76. The molecule has 0 saturated carbocycles. The zero-order chi connectivity index (χ0) is 6.57. The summed E-state index contributed by atoms with van der Waals surface area (Å²) in [6, 6.07) is 0. The highest BCUT2D eigenvalue weighted by Gasteiger charge is 1.90. The standard InChI is InChI=1S/C2H8N2O4/c1-3(5)7-8-4(2)6/h3-4H,1-2H3. The SMILES string of the molecule is C[NH+]([O-])OO[NH+](C)[O-]. The van der Waals surface area contributed by atoms with Gasteiger partial charge < -0.3 is 10.4 Å². The van der Waals surface area contributed by atoms with Crippen molar-refractivity contribution in [3.05, 3.63) is 10.4 Å².